The summed E-state index contributed by atoms with van der Waals surface area (Å²) >= 11 is 0. The lowest BCUT2D eigenvalue weighted by molar-refractivity contribution is -0.137. The van der Waals surface area contributed by atoms with Gasteiger partial charge in [-0.2, -0.15) is 13.2 Å². The molecule has 4 rings (SSSR count). The number of methoxy groups -OCH3 is 1. The Morgan fingerprint density at radius 2 is 2.04 bits per heavy atom. The third-order valence-corrected chi connectivity index (χ3v) is 5.01. The van der Waals surface area contributed by atoms with Crippen LogP contribution in [0.4, 0.5) is 24.7 Å². The van der Waals surface area contributed by atoms with Crippen LogP contribution in [0.15, 0.2) is 59.4 Å². The van der Waals surface area contributed by atoms with Gasteiger partial charge in [0.1, 0.15) is 11.6 Å². The van der Waals surface area contributed by atoms with Crippen molar-refractivity contribution in [2.45, 2.75) is 18.6 Å². The minimum absolute atomic E-state index is 0.0327. The summed E-state index contributed by atoms with van der Waals surface area (Å²) in [5.41, 5.74) is 1.37. The Bertz CT molecular complexity index is 926. The number of halogens is 3. The Kier molecular flexibility index (Phi) is 4.70. The molecule has 2 aliphatic heterocycles. The number of nitrogens with zero attached hydrogens (tertiary/aromatic N) is 4. The standard InChI is InChI=1S/C20H19F3N4O/c1-28-17-4-2-3-16(10-17)27-13-24-11-14-6-8-26(12-18(14)27)19-9-15(5-7-25-19)20(21,22)23/h2-5,7,9-11,13,18H,6,8,12H2,1H3. The summed E-state index contributed by atoms with van der Waals surface area (Å²) in [4.78, 5) is 12.4. The largest absolute Gasteiger partial charge is 0.497 e. The number of hydrogen-bond acceptors (Lipinski definition) is 5. The molecule has 0 saturated carbocycles. The third kappa shape index (κ3) is 3.54. The lowest BCUT2D eigenvalue weighted by atomic mass is 9.96. The van der Waals surface area contributed by atoms with Gasteiger partial charge in [0.05, 0.1) is 25.1 Å². The van der Waals surface area contributed by atoms with Gasteiger partial charge in [0.25, 0.3) is 0 Å². The first kappa shape index (κ1) is 18.3. The van der Waals surface area contributed by atoms with Crippen molar-refractivity contribution in [1.29, 1.82) is 0 Å². The lowest BCUT2D eigenvalue weighted by Crippen LogP contribution is -2.50. The SMILES string of the molecule is COc1cccc(N2C=NC=C3CCN(c4cc(C(F)(F)F)ccn4)CC32)c1. The molecule has 2 aliphatic rings. The highest BCUT2D eigenvalue weighted by Crippen LogP contribution is 2.34. The predicted molar refractivity (Wildman–Crippen MR) is 102 cm³/mol. The summed E-state index contributed by atoms with van der Waals surface area (Å²) in [5.74, 6) is 1.07. The average Bonchev–Trinajstić information content (AvgIpc) is 2.72. The minimum Gasteiger partial charge on any atom is -0.497 e. The highest BCUT2D eigenvalue weighted by molar-refractivity contribution is 5.83. The first-order chi connectivity index (χ1) is 13.5. The maximum atomic E-state index is 13.1. The van der Waals surface area contributed by atoms with Gasteiger partial charge in [-0.05, 0) is 36.3 Å². The van der Waals surface area contributed by atoms with Gasteiger partial charge in [0, 0.05) is 37.2 Å². The Morgan fingerprint density at radius 3 is 2.82 bits per heavy atom. The topological polar surface area (TPSA) is 41.0 Å². The van der Waals surface area contributed by atoms with Crippen molar-refractivity contribution in [3.05, 3.63) is 59.9 Å². The van der Waals surface area contributed by atoms with Crippen LogP contribution in [0.3, 0.4) is 0 Å². The number of hydrogen-bond donors (Lipinski definition) is 0. The summed E-state index contributed by atoms with van der Waals surface area (Å²) in [7, 11) is 1.61. The third-order valence-electron chi connectivity index (χ3n) is 5.01. The molecule has 0 aliphatic carbocycles. The lowest BCUT2D eigenvalue weighted by Gasteiger charge is -2.42. The number of rotatable bonds is 3. The molecule has 1 aromatic heterocycles. The predicted octanol–water partition coefficient (Wildman–Crippen LogP) is 4.12. The van der Waals surface area contributed by atoms with E-state index in [9.17, 15) is 13.2 Å². The van der Waals surface area contributed by atoms with Crippen molar-refractivity contribution in [1.82, 2.24) is 4.98 Å². The number of ether oxygens (including phenoxy) is 1. The van der Waals surface area contributed by atoms with Crippen LogP contribution >= 0.6 is 0 Å². The normalized spacial score (nSPS) is 19.3. The first-order valence-corrected chi connectivity index (χ1v) is 8.88. The van der Waals surface area contributed by atoms with Gasteiger partial charge >= 0.3 is 6.18 Å². The molecule has 0 N–H and O–H groups in total. The fraction of sp³-hybridized carbons (Fsp3) is 0.300. The van der Waals surface area contributed by atoms with Crippen LogP contribution in [-0.2, 0) is 6.18 Å². The number of piperidine rings is 1. The fourth-order valence-electron chi connectivity index (χ4n) is 3.54. The molecule has 0 spiro atoms. The van der Waals surface area contributed by atoms with E-state index in [1.807, 2.05) is 40.3 Å². The fourth-order valence-corrected chi connectivity index (χ4v) is 3.54. The van der Waals surface area contributed by atoms with Crippen molar-refractivity contribution in [2.24, 2.45) is 4.99 Å². The zero-order valence-electron chi connectivity index (χ0n) is 15.2. The molecule has 5 nitrogen and oxygen atoms in total. The molecule has 1 atom stereocenters. The summed E-state index contributed by atoms with van der Waals surface area (Å²) in [6.45, 7) is 1.11. The van der Waals surface area contributed by atoms with E-state index in [1.54, 1.807) is 13.4 Å². The smallest absolute Gasteiger partial charge is 0.416 e. The first-order valence-electron chi connectivity index (χ1n) is 8.88. The Balaban J connectivity index is 1.61. The van der Waals surface area contributed by atoms with Crippen LogP contribution in [0.2, 0.25) is 0 Å². The van der Waals surface area contributed by atoms with E-state index < -0.39 is 11.7 Å². The molecule has 0 radical (unpaired) electrons. The van der Waals surface area contributed by atoms with E-state index >= 15 is 0 Å². The molecule has 0 bridgehead atoms. The van der Waals surface area contributed by atoms with E-state index in [-0.39, 0.29) is 6.04 Å². The van der Waals surface area contributed by atoms with Crippen LogP contribution in [-0.4, -0.2) is 37.6 Å². The van der Waals surface area contributed by atoms with Crippen LogP contribution in [0.5, 0.6) is 5.75 Å². The Morgan fingerprint density at radius 1 is 1.18 bits per heavy atom. The summed E-state index contributed by atoms with van der Waals surface area (Å²) in [5, 5.41) is 0. The van der Waals surface area contributed by atoms with Gasteiger partial charge in [-0.3, -0.25) is 0 Å². The molecule has 0 amide bonds. The average molecular weight is 388 g/mol. The zero-order valence-corrected chi connectivity index (χ0v) is 15.2. The second-order valence-electron chi connectivity index (χ2n) is 6.69. The van der Waals surface area contributed by atoms with E-state index in [0.717, 1.165) is 29.1 Å². The van der Waals surface area contributed by atoms with E-state index in [1.165, 1.54) is 6.20 Å². The molecular weight excluding hydrogens is 369 g/mol. The molecule has 28 heavy (non-hydrogen) atoms. The van der Waals surface area contributed by atoms with Crippen LogP contribution in [0, 0.1) is 0 Å². The molecule has 8 heteroatoms. The van der Waals surface area contributed by atoms with Gasteiger partial charge in [0.2, 0.25) is 0 Å². The molecule has 3 heterocycles. The molecule has 146 valence electrons. The van der Waals surface area contributed by atoms with Crippen molar-refractivity contribution in [3.8, 4) is 5.75 Å². The van der Waals surface area contributed by atoms with Crippen molar-refractivity contribution < 1.29 is 17.9 Å². The number of fused-ring (bicyclic) bond motifs is 1. The van der Waals surface area contributed by atoms with E-state index in [0.29, 0.717) is 25.3 Å². The van der Waals surface area contributed by atoms with Crippen molar-refractivity contribution in [2.75, 3.05) is 30.0 Å². The van der Waals surface area contributed by atoms with Crippen molar-refractivity contribution in [3.63, 3.8) is 0 Å². The second kappa shape index (κ2) is 7.18. The molecular formula is C20H19F3N4O. The number of anilines is 2. The number of aliphatic imine (C=N–C) groups is 1. The van der Waals surface area contributed by atoms with Gasteiger partial charge < -0.3 is 14.5 Å². The molecule has 1 fully saturated rings. The quantitative estimate of drug-likeness (QED) is 0.793. The second-order valence-corrected chi connectivity index (χ2v) is 6.69. The monoisotopic (exact) mass is 388 g/mol. The number of benzene rings is 1. The summed E-state index contributed by atoms with van der Waals surface area (Å²) < 4.78 is 44.5. The maximum absolute atomic E-state index is 13.1. The number of pyridine rings is 1. The number of aromatic nitrogens is 1. The van der Waals surface area contributed by atoms with Crippen molar-refractivity contribution >= 4 is 17.8 Å². The van der Waals surface area contributed by atoms with Gasteiger partial charge in [-0.1, -0.05) is 6.07 Å². The van der Waals surface area contributed by atoms with E-state index in [4.69, 9.17) is 4.74 Å². The number of alkyl halides is 3. The van der Waals surface area contributed by atoms with Crippen LogP contribution in [0.1, 0.15) is 12.0 Å². The van der Waals surface area contributed by atoms with Gasteiger partial charge in [-0.15, -0.1) is 0 Å². The molecule has 2 aromatic rings. The van der Waals surface area contributed by atoms with Crippen LogP contribution < -0.4 is 14.5 Å². The highest BCUT2D eigenvalue weighted by Gasteiger charge is 2.34. The molecule has 1 aromatic carbocycles. The maximum Gasteiger partial charge on any atom is 0.416 e. The van der Waals surface area contributed by atoms with Gasteiger partial charge in [0.15, 0.2) is 0 Å². The summed E-state index contributed by atoms with van der Waals surface area (Å²) in [6, 6.07) is 9.70. The highest BCUT2D eigenvalue weighted by atomic mass is 19.4. The summed E-state index contributed by atoms with van der Waals surface area (Å²) in [6.07, 6.45) is 1.12. The van der Waals surface area contributed by atoms with Gasteiger partial charge in [-0.25, -0.2) is 9.98 Å². The minimum atomic E-state index is -4.39. The zero-order chi connectivity index (χ0) is 19.7. The Hall–Kier alpha value is -3.03. The molecule has 1 saturated heterocycles. The Labute approximate surface area is 160 Å². The molecule has 1 unspecified atom stereocenters. The van der Waals surface area contributed by atoms with Crippen LogP contribution in [0.25, 0.3) is 0 Å². The van der Waals surface area contributed by atoms with E-state index in [2.05, 4.69) is 9.98 Å².